The minimum absolute atomic E-state index is 0.109. The summed E-state index contributed by atoms with van der Waals surface area (Å²) in [7, 11) is 0. The molecule has 18 heavy (non-hydrogen) atoms. The second-order valence-corrected chi connectivity index (χ2v) is 4.64. The molecular formula is C14H16O4. The molecule has 0 aliphatic carbocycles. The predicted octanol–water partition coefficient (Wildman–Crippen LogP) is 2.21. The summed E-state index contributed by atoms with van der Waals surface area (Å²) in [4.78, 5) is 32.9. The molecular weight excluding hydrogens is 232 g/mol. The highest BCUT2D eigenvalue weighted by Crippen LogP contribution is 2.23. The lowest BCUT2D eigenvalue weighted by atomic mass is 9.84. The van der Waals surface area contributed by atoms with Crippen LogP contribution in [0.15, 0.2) is 24.3 Å². The number of carbonyl (C=O) groups excluding carboxylic acids is 2. The van der Waals surface area contributed by atoms with Gasteiger partial charge in [0.15, 0.2) is 5.78 Å². The first-order valence-electron chi connectivity index (χ1n) is 5.70. The molecule has 0 amide bonds. The van der Waals surface area contributed by atoms with Gasteiger partial charge in [-0.1, -0.05) is 24.3 Å². The monoisotopic (exact) mass is 248 g/mol. The molecule has 96 valence electrons. The van der Waals surface area contributed by atoms with Gasteiger partial charge in [0.25, 0.3) is 0 Å². The van der Waals surface area contributed by atoms with Gasteiger partial charge in [0, 0.05) is 18.4 Å². The number of rotatable bonds is 6. The molecule has 0 fully saturated rings. The highest BCUT2D eigenvalue weighted by molar-refractivity contribution is 5.97. The molecule has 0 radical (unpaired) electrons. The van der Waals surface area contributed by atoms with E-state index in [1.807, 2.05) is 0 Å². The zero-order valence-corrected chi connectivity index (χ0v) is 10.5. The molecule has 1 rings (SSSR count). The maximum Gasteiger partial charge on any atom is 0.313 e. The average molecular weight is 248 g/mol. The maximum atomic E-state index is 11.6. The first kappa shape index (κ1) is 14.1. The van der Waals surface area contributed by atoms with Crippen LogP contribution in [0.2, 0.25) is 0 Å². The number of hydrogen-bond donors (Lipinski definition) is 1. The van der Waals surface area contributed by atoms with E-state index in [4.69, 9.17) is 5.11 Å². The molecule has 1 aromatic rings. The molecule has 0 spiro atoms. The smallest absolute Gasteiger partial charge is 0.313 e. The third-order valence-corrected chi connectivity index (χ3v) is 2.95. The minimum atomic E-state index is -0.982. The molecule has 0 saturated carbocycles. The van der Waals surface area contributed by atoms with Crippen LogP contribution < -0.4 is 0 Å². The van der Waals surface area contributed by atoms with Gasteiger partial charge in [-0.05, 0) is 19.4 Å². The normalized spacial score (nSPS) is 11.0. The number of Topliss-reactive ketones (excluding diaryl/α,β-unsaturated/α-hetero) is 1. The quantitative estimate of drug-likeness (QED) is 0.619. The van der Waals surface area contributed by atoms with Crippen molar-refractivity contribution in [3.8, 4) is 0 Å². The van der Waals surface area contributed by atoms with Crippen molar-refractivity contribution in [3.63, 3.8) is 0 Å². The van der Waals surface area contributed by atoms with Gasteiger partial charge in [-0.2, -0.15) is 0 Å². The van der Waals surface area contributed by atoms with E-state index >= 15 is 0 Å². The van der Waals surface area contributed by atoms with E-state index in [1.54, 1.807) is 38.1 Å². The van der Waals surface area contributed by atoms with E-state index in [2.05, 4.69) is 0 Å². The van der Waals surface area contributed by atoms with Crippen molar-refractivity contribution in [2.75, 3.05) is 0 Å². The Morgan fingerprint density at radius 2 is 1.78 bits per heavy atom. The number of carboxylic acids is 1. The first-order valence-corrected chi connectivity index (χ1v) is 5.70. The van der Waals surface area contributed by atoms with E-state index in [-0.39, 0.29) is 18.6 Å². The number of ketones is 1. The fourth-order valence-corrected chi connectivity index (χ4v) is 1.53. The van der Waals surface area contributed by atoms with Crippen molar-refractivity contribution in [3.05, 3.63) is 35.4 Å². The van der Waals surface area contributed by atoms with Gasteiger partial charge in [-0.25, -0.2) is 0 Å². The van der Waals surface area contributed by atoms with Crippen LogP contribution in [0.3, 0.4) is 0 Å². The highest BCUT2D eigenvalue weighted by atomic mass is 16.4. The molecule has 0 aliphatic heterocycles. The number of carboxylic acid groups (broad SMARTS) is 1. The Bertz CT molecular complexity index is 457. The van der Waals surface area contributed by atoms with E-state index in [0.717, 1.165) is 0 Å². The summed E-state index contributed by atoms with van der Waals surface area (Å²) in [5.74, 6) is -1.02. The molecule has 0 bridgehead atoms. The van der Waals surface area contributed by atoms with Crippen LogP contribution in [-0.2, 0) is 15.0 Å². The van der Waals surface area contributed by atoms with Crippen LogP contribution in [0.25, 0.3) is 0 Å². The van der Waals surface area contributed by atoms with Crippen molar-refractivity contribution in [2.24, 2.45) is 0 Å². The summed E-state index contributed by atoms with van der Waals surface area (Å²) >= 11 is 0. The summed E-state index contributed by atoms with van der Waals surface area (Å²) in [6.45, 7) is 3.22. The zero-order valence-electron chi connectivity index (χ0n) is 10.5. The van der Waals surface area contributed by atoms with Crippen LogP contribution in [0.4, 0.5) is 0 Å². The third kappa shape index (κ3) is 3.03. The number of benzene rings is 1. The van der Waals surface area contributed by atoms with Crippen LogP contribution in [0.5, 0.6) is 0 Å². The zero-order chi connectivity index (χ0) is 13.8. The van der Waals surface area contributed by atoms with Crippen molar-refractivity contribution in [1.29, 1.82) is 0 Å². The van der Waals surface area contributed by atoms with Gasteiger partial charge in [0.05, 0.1) is 5.41 Å². The second kappa shape index (κ2) is 5.58. The van der Waals surface area contributed by atoms with Gasteiger partial charge >= 0.3 is 5.97 Å². The predicted molar refractivity (Wildman–Crippen MR) is 66.7 cm³/mol. The van der Waals surface area contributed by atoms with Gasteiger partial charge in [-0.15, -0.1) is 0 Å². The lowest BCUT2D eigenvalue weighted by molar-refractivity contribution is -0.142. The van der Waals surface area contributed by atoms with Crippen molar-refractivity contribution in [2.45, 2.75) is 32.1 Å². The van der Waals surface area contributed by atoms with E-state index < -0.39 is 11.4 Å². The topological polar surface area (TPSA) is 71.4 Å². The van der Waals surface area contributed by atoms with Gasteiger partial charge in [0.1, 0.15) is 6.29 Å². The number of hydrogen-bond acceptors (Lipinski definition) is 3. The van der Waals surface area contributed by atoms with Crippen molar-refractivity contribution in [1.82, 2.24) is 0 Å². The number of aliphatic carboxylic acids is 1. The minimum Gasteiger partial charge on any atom is -0.481 e. The Morgan fingerprint density at radius 3 is 2.22 bits per heavy atom. The molecule has 0 aromatic heterocycles. The third-order valence-electron chi connectivity index (χ3n) is 2.95. The second-order valence-electron chi connectivity index (χ2n) is 4.64. The lowest BCUT2D eigenvalue weighted by Gasteiger charge is -2.19. The van der Waals surface area contributed by atoms with Gasteiger partial charge in [0.2, 0.25) is 0 Å². The van der Waals surface area contributed by atoms with Crippen LogP contribution in [0, 0.1) is 0 Å². The van der Waals surface area contributed by atoms with E-state index in [9.17, 15) is 14.4 Å². The molecule has 0 aliphatic rings. The Labute approximate surface area is 106 Å². The molecule has 4 nitrogen and oxygen atoms in total. The summed E-state index contributed by atoms with van der Waals surface area (Å²) in [5.41, 5.74) is 0.161. The fraction of sp³-hybridized carbons (Fsp3) is 0.357. The number of aldehydes is 1. The van der Waals surface area contributed by atoms with Crippen molar-refractivity contribution < 1.29 is 19.5 Å². The fourth-order valence-electron chi connectivity index (χ4n) is 1.53. The Kier molecular flexibility index (Phi) is 4.37. The summed E-state index contributed by atoms with van der Waals surface area (Å²) < 4.78 is 0. The van der Waals surface area contributed by atoms with E-state index in [0.29, 0.717) is 17.4 Å². The standard InChI is InChI=1S/C14H16O4/c1-14(2,13(17)18)11-7-5-10(6-8-11)12(16)4-3-9-15/h5-9H,3-4H2,1-2H3,(H,17,18). The molecule has 1 N–H and O–H groups in total. The van der Waals surface area contributed by atoms with Gasteiger partial charge in [-0.3, -0.25) is 9.59 Å². The van der Waals surface area contributed by atoms with E-state index in [1.165, 1.54) is 0 Å². The summed E-state index contributed by atoms with van der Waals surface area (Å²) in [5, 5.41) is 9.08. The summed E-state index contributed by atoms with van der Waals surface area (Å²) in [6.07, 6.45) is 1.10. The number of carbonyl (C=O) groups is 3. The average Bonchev–Trinajstić information content (AvgIpc) is 2.35. The molecule has 0 saturated heterocycles. The highest BCUT2D eigenvalue weighted by Gasteiger charge is 2.29. The Morgan fingerprint density at radius 1 is 1.22 bits per heavy atom. The molecule has 0 atom stereocenters. The van der Waals surface area contributed by atoms with Gasteiger partial charge < -0.3 is 9.90 Å². The lowest BCUT2D eigenvalue weighted by Crippen LogP contribution is -2.28. The summed E-state index contributed by atoms with van der Waals surface area (Å²) in [6, 6.07) is 6.49. The largest absolute Gasteiger partial charge is 0.481 e. The Balaban J connectivity index is 2.89. The van der Waals surface area contributed by atoms with Crippen LogP contribution in [0.1, 0.15) is 42.6 Å². The van der Waals surface area contributed by atoms with Crippen LogP contribution >= 0.6 is 0 Å². The van der Waals surface area contributed by atoms with Crippen molar-refractivity contribution >= 4 is 18.0 Å². The first-order chi connectivity index (χ1) is 8.39. The SMILES string of the molecule is CC(C)(C(=O)O)c1ccc(C(=O)CCC=O)cc1. The molecule has 1 aromatic carbocycles. The maximum absolute atomic E-state index is 11.6. The molecule has 0 heterocycles. The Hall–Kier alpha value is -1.97. The molecule has 0 unspecified atom stereocenters. The van der Waals surface area contributed by atoms with Crippen LogP contribution in [-0.4, -0.2) is 23.1 Å². The molecule has 4 heteroatoms.